The topological polar surface area (TPSA) is 71.3 Å². The molecule has 1 N–H and O–H groups in total. The first-order chi connectivity index (χ1) is 14.2. The number of anilines is 1. The van der Waals surface area contributed by atoms with Gasteiger partial charge in [-0.05, 0) is 41.5 Å². The molecule has 0 aromatic heterocycles. The van der Waals surface area contributed by atoms with Crippen molar-refractivity contribution in [1.29, 1.82) is 5.26 Å². The molecule has 5 nitrogen and oxygen atoms in total. The van der Waals surface area contributed by atoms with Crippen molar-refractivity contribution >= 4 is 17.7 Å². The Hall–Kier alpha value is -4.04. The molecule has 0 bridgehead atoms. The van der Waals surface area contributed by atoms with Gasteiger partial charge >= 0.3 is 0 Å². The second kappa shape index (κ2) is 9.77. The molecule has 0 aliphatic carbocycles. The van der Waals surface area contributed by atoms with E-state index in [0.717, 1.165) is 5.56 Å². The summed E-state index contributed by atoms with van der Waals surface area (Å²) in [5.41, 5.74) is 2.33. The van der Waals surface area contributed by atoms with Crippen molar-refractivity contribution in [2.24, 2.45) is 0 Å². The predicted octanol–water partition coefficient (Wildman–Crippen LogP) is 4.82. The maximum Gasteiger partial charge on any atom is 0.266 e. The van der Waals surface area contributed by atoms with E-state index < -0.39 is 5.91 Å². The van der Waals surface area contributed by atoms with E-state index in [-0.39, 0.29) is 5.57 Å². The maximum absolute atomic E-state index is 12.4. The van der Waals surface area contributed by atoms with Crippen molar-refractivity contribution < 1.29 is 14.3 Å². The lowest BCUT2D eigenvalue weighted by molar-refractivity contribution is -0.112. The van der Waals surface area contributed by atoms with Crippen LogP contribution >= 0.6 is 0 Å². The van der Waals surface area contributed by atoms with Crippen LogP contribution in [0, 0.1) is 11.3 Å². The average molecular weight is 384 g/mol. The molecule has 29 heavy (non-hydrogen) atoms. The number of methoxy groups -OCH3 is 1. The van der Waals surface area contributed by atoms with Gasteiger partial charge in [0.25, 0.3) is 5.91 Å². The van der Waals surface area contributed by atoms with Gasteiger partial charge in [-0.3, -0.25) is 4.79 Å². The van der Waals surface area contributed by atoms with Gasteiger partial charge in [-0.1, -0.05) is 54.6 Å². The zero-order chi connectivity index (χ0) is 20.5. The Morgan fingerprint density at radius 1 is 1.00 bits per heavy atom. The van der Waals surface area contributed by atoms with E-state index in [1.165, 1.54) is 6.08 Å². The van der Waals surface area contributed by atoms with Crippen LogP contribution in [0.3, 0.4) is 0 Å². The highest BCUT2D eigenvalue weighted by Crippen LogP contribution is 2.29. The lowest BCUT2D eigenvalue weighted by Crippen LogP contribution is -2.13. The van der Waals surface area contributed by atoms with Crippen LogP contribution in [0.2, 0.25) is 0 Å². The lowest BCUT2D eigenvalue weighted by Gasteiger charge is -2.11. The molecule has 0 fully saturated rings. The number of hydrogen-bond acceptors (Lipinski definition) is 4. The van der Waals surface area contributed by atoms with Gasteiger partial charge in [0, 0.05) is 5.69 Å². The smallest absolute Gasteiger partial charge is 0.266 e. The first kappa shape index (κ1) is 19.7. The number of para-hydroxylation sites is 1. The van der Waals surface area contributed by atoms with E-state index in [4.69, 9.17) is 9.47 Å². The van der Waals surface area contributed by atoms with Crippen molar-refractivity contribution in [3.63, 3.8) is 0 Å². The first-order valence-corrected chi connectivity index (χ1v) is 9.02. The van der Waals surface area contributed by atoms with Crippen LogP contribution in [-0.2, 0) is 11.4 Å². The number of ether oxygens (including phenoxy) is 2. The predicted molar refractivity (Wildman–Crippen MR) is 112 cm³/mol. The lowest BCUT2D eigenvalue weighted by atomic mass is 10.1. The number of hydrogen-bond donors (Lipinski definition) is 1. The SMILES string of the molecule is COc1cc(/C=C(/C#N)C(=O)Nc2ccccc2)ccc1OCc1ccccc1. The van der Waals surface area contributed by atoms with Crippen LogP contribution in [0.4, 0.5) is 5.69 Å². The van der Waals surface area contributed by atoms with Crippen LogP contribution in [-0.4, -0.2) is 13.0 Å². The van der Waals surface area contributed by atoms with Crippen LogP contribution in [0.25, 0.3) is 6.08 Å². The molecule has 0 aliphatic rings. The summed E-state index contributed by atoms with van der Waals surface area (Å²) in [6, 6.07) is 26.0. The molecule has 0 atom stereocenters. The molecule has 3 rings (SSSR count). The van der Waals surface area contributed by atoms with Gasteiger partial charge in [-0.2, -0.15) is 5.26 Å². The Balaban J connectivity index is 1.75. The summed E-state index contributed by atoms with van der Waals surface area (Å²) >= 11 is 0. The fourth-order valence-corrected chi connectivity index (χ4v) is 2.66. The molecule has 0 saturated carbocycles. The number of nitrogens with zero attached hydrogens (tertiary/aromatic N) is 1. The molecule has 0 heterocycles. The monoisotopic (exact) mass is 384 g/mol. The van der Waals surface area contributed by atoms with E-state index in [2.05, 4.69) is 5.32 Å². The zero-order valence-electron chi connectivity index (χ0n) is 16.0. The van der Waals surface area contributed by atoms with E-state index in [1.807, 2.05) is 54.6 Å². The summed E-state index contributed by atoms with van der Waals surface area (Å²) in [7, 11) is 1.55. The molecular formula is C24H20N2O3. The highest BCUT2D eigenvalue weighted by atomic mass is 16.5. The molecule has 0 saturated heterocycles. The van der Waals surface area contributed by atoms with Gasteiger partial charge in [0.1, 0.15) is 18.2 Å². The van der Waals surface area contributed by atoms with E-state index in [1.54, 1.807) is 37.4 Å². The standard InChI is InChI=1S/C24H20N2O3/c1-28-23-15-19(12-13-22(23)29-17-18-8-4-2-5-9-18)14-20(16-25)24(27)26-21-10-6-3-7-11-21/h2-15H,17H2,1H3,(H,26,27)/b20-14-. The number of nitriles is 1. The molecule has 0 radical (unpaired) electrons. The number of amides is 1. The fourth-order valence-electron chi connectivity index (χ4n) is 2.66. The number of carbonyl (C=O) groups excluding carboxylic acids is 1. The molecule has 3 aromatic rings. The Labute approximate surface area is 169 Å². The first-order valence-electron chi connectivity index (χ1n) is 9.02. The molecule has 144 valence electrons. The summed E-state index contributed by atoms with van der Waals surface area (Å²) < 4.78 is 11.2. The third kappa shape index (κ3) is 5.47. The minimum absolute atomic E-state index is 0.00569. The van der Waals surface area contributed by atoms with Crippen LogP contribution in [0.1, 0.15) is 11.1 Å². The average Bonchev–Trinajstić information content (AvgIpc) is 2.77. The Morgan fingerprint density at radius 2 is 1.69 bits per heavy atom. The highest BCUT2D eigenvalue weighted by molar-refractivity contribution is 6.09. The Morgan fingerprint density at radius 3 is 2.34 bits per heavy atom. The third-order valence-electron chi connectivity index (χ3n) is 4.13. The van der Waals surface area contributed by atoms with E-state index in [9.17, 15) is 10.1 Å². The van der Waals surface area contributed by atoms with Gasteiger partial charge in [0.15, 0.2) is 11.5 Å². The largest absolute Gasteiger partial charge is 0.493 e. The number of nitrogens with one attached hydrogen (secondary N) is 1. The second-order valence-corrected chi connectivity index (χ2v) is 6.17. The molecule has 1 amide bonds. The van der Waals surface area contributed by atoms with Crippen molar-refractivity contribution in [2.45, 2.75) is 6.61 Å². The van der Waals surface area contributed by atoms with E-state index >= 15 is 0 Å². The number of benzene rings is 3. The second-order valence-electron chi connectivity index (χ2n) is 6.17. The minimum Gasteiger partial charge on any atom is -0.493 e. The molecule has 5 heteroatoms. The molecule has 0 aliphatic heterocycles. The quantitative estimate of drug-likeness (QED) is 0.468. The van der Waals surface area contributed by atoms with Gasteiger partial charge in [-0.25, -0.2) is 0 Å². The summed E-state index contributed by atoms with van der Waals surface area (Å²) in [5, 5.41) is 12.1. The summed E-state index contributed by atoms with van der Waals surface area (Å²) in [6.07, 6.45) is 1.52. The Kier molecular flexibility index (Phi) is 6.64. The summed E-state index contributed by atoms with van der Waals surface area (Å²) in [5.74, 6) is 0.637. The number of rotatable bonds is 7. The molecule has 0 unspecified atom stereocenters. The van der Waals surface area contributed by atoms with Crippen LogP contribution < -0.4 is 14.8 Å². The van der Waals surface area contributed by atoms with Crippen molar-refractivity contribution in [2.75, 3.05) is 12.4 Å². The normalized spacial score (nSPS) is 10.7. The van der Waals surface area contributed by atoms with Crippen LogP contribution in [0.15, 0.2) is 84.4 Å². The Bertz CT molecular complexity index is 1040. The molecule has 0 spiro atoms. The molecular weight excluding hydrogens is 364 g/mol. The van der Waals surface area contributed by atoms with Crippen molar-refractivity contribution in [3.05, 3.63) is 95.6 Å². The fraction of sp³-hybridized carbons (Fsp3) is 0.0833. The zero-order valence-corrected chi connectivity index (χ0v) is 16.0. The van der Waals surface area contributed by atoms with E-state index in [0.29, 0.717) is 29.4 Å². The van der Waals surface area contributed by atoms with Crippen molar-refractivity contribution in [1.82, 2.24) is 0 Å². The minimum atomic E-state index is -0.470. The molecule has 3 aromatic carbocycles. The van der Waals surface area contributed by atoms with Gasteiger partial charge < -0.3 is 14.8 Å². The maximum atomic E-state index is 12.4. The van der Waals surface area contributed by atoms with Crippen molar-refractivity contribution in [3.8, 4) is 17.6 Å². The third-order valence-corrected chi connectivity index (χ3v) is 4.13. The van der Waals surface area contributed by atoms with Crippen LogP contribution in [0.5, 0.6) is 11.5 Å². The number of carbonyl (C=O) groups is 1. The summed E-state index contributed by atoms with van der Waals surface area (Å²) in [6.45, 7) is 0.412. The van der Waals surface area contributed by atoms with Gasteiger partial charge in [0.2, 0.25) is 0 Å². The van der Waals surface area contributed by atoms with Gasteiger partial charge in [0.05, 0.1) is 7.11 Å². The van der Waals surface area contributed by atoms with Gasteiger partial charge in [-0.15, -0.1) is 0 Å². The summed E-state index contributed by atoms with van der Waals surface area (Å²) in [4.78, 5) is 12.4. The highest BCUT2D eigenvalue weighted by Gasteiger charge is 2.11.